The summed E-state index contributed by atoms with van der Waals surface area (Å²) in [5.74, 6) is 2.52. The van der Waals surface area contributed by atoms with Crippen LogP contribution in [-0.2, 0) is 4.74 Å². The Bertz CT molecular complexity index is 2560. The van der Waals surface area contributed by atoms with Crippen molar-refractivity contribution in [3.05, 3.63) is 167 Å². The van der Waals surface area contributed by atoms with E-state index in [1.807, 2.05) is 54.6 Å². The van der Waals surface area contributed by atoms with Gasteiger partial charge in [-0.25, -0.2) is 0 Å². The molecular weight excluding hydrogens is 713 g/mol. The fourth-order valence-electron chi connectivity index (χ4n) is 7.58. The van der Waals surface area contributed by atoms with Gasteiger partial charge in [-0.15, -0.1) is 0 Å². The molecule has 3 aliphatic rings. The van der Waals surface area contributed by atoms with E-state index in [2.05, 4.69) is 131 Å². The van der Waals surface area contributed by atoms with Gasteiger partial charge in [-0.3, -0.25) is 0 Å². The fourth-order valence-corrected chi connectivity index (χ4v) is 7.58. The van der Waals surface area contributed by atoms with Gasteiger partial charge in [-0.05, 0) is 91.2 Å². The number of ether oxygens (including phenoxy) is 3. The van der Waals surface area contributed by atoms with Crippen molar-refractivity contribution in [2.24, 2.45) is 5.92 Å². The third kappa shape index (κ3) is 8.94. The van der Waals surface area contributed by atoms with Gasteiger partial charge in [-0.1, -0.05) is 180 Å². The minimum atomic E-state index is -0.216. The largest absolute Gasteiger partial charge is 0.507 e. The average molecular weight is 765 g/mol. The van der Waals surface area contributed by atoms with E-state index in [-0.39, 0.29) is 6.29 Å². The quantitative estimate of drug-likeness (QED) is 0.111. The van der Waals surface area contributed by atoms with E-state index < -0.39 is 0 Å². The fraction of sp³-hybridized carbons (Fsp3) is 0.185. The number of hydrogen-bond donors (Lipinski definition) is 1. The lowest BCUT2D eigenvalue weighted by Gasteiger charge is -2.22. The molecule has 0 amide bonds. The summed E-state index contributed by atoms with van der Waals surface area (Å²) in [5, 5.41) is 16.9. The van der Waals surface area contributed by atoms with Crippen LogP contribution in [0.15, 0.2) is 128 Å². The zero-order chi connectivity index (χ0) is 40.4. The molecule has 0 saturated heterocycles. The first-order chi connectivity index (χ1) is 28.4. The van der Waals surface area contributed by atoms with Gasteiger partial charge in [0.05, 0.1) is 6.61 Å². The Morgan fingerprint density at radius 1 is 0.586 bits per heavy atom. The number of benzene rings is 7. The van der Waals surface area contributed by atoms with E-state index >= 15 is 0 Å². The van der Waals surface area contributed by atoms with Gasteiger partial charge in [0.15, 0.2) is 0 Å². The first-order valence-corrected chi connectivity index (χ1v) is 20.3. The van der Waals surface area contributed by atoms with Gasteiger partial charge in [0.2, 0.25) is 6.29 Å². The molecule has 0 fully saturated rings. The van der Waals surface area contributed by atoms with Crippen LogP contribution in [0.2, 0.25) is 0 Å². The highest BCUT2D eigenvalue weighted by molar-refractivity contribution is 6.08. The van der Waals surface area contributed by atoms with Crippen molar-refractivity contribution in [1.29, 1.82) is 0 Å². The van der Waals surface area contributed by atoms with Crippen molar-refractivity contribution in [2.75, 3.05) is 13.7 Å². The molecule has 4 nitrogen and oxygen atoms in total. The number of rotatable bonds is 10. The molecule has 4 heteroatoms. The molecule has 0 aromatic heterocycles. The Labute approximate surface area is 343 Å². The number of aromatic hydroxyl groups is 1. The second-order valence-corrected chi connectivity index (χ2v) is 15.0. The molecule has 10 rings (SSSR count). The van der Waals surface area contributed by atoms with E-state index in [1.54, 1.807) is 13.2 Å². The summed E-state index contributed by atoms with van der Waals surface area (Å²) in [7, 11) is 1.69. The number of hydrogen-bond acceptors (Lipinski definition) is 4. The minimum absolute atomic E-state index is 0.216. The summed E-state index contributed by atoms with van der Waals surface area (Å²) < 4.78 is 17.0. The van der Waals surface area contributed by atoms with Crippen molar-refractivity contribution < 1.29 is 19.3 Å². The van der Waals surface area contributed by atoms with Crippen molar-refractivity contribution >= 4 is 74.8 Å². The summed E-state index contributed by atoms with van der Waals surface area (Å²) in [5.41, 5.74) is 8.75. The molecule has 0 bridgehead atoms. The Morgan fingerprint density at radius 2 is 1.10 bits per heavy atom. The molecule has 7 aromatic rings. The van der Waals surface area contributed by atoms with Gasteiger partial charge < -0.3 is 19.3 Å². The van der Waals surface area contributed by atoms with Crippen LogP contribution < -0.4 is 9.47 Å². The molecule has 3 aliphatic carbocycles. The maximum Gasteiger partial charge on any atom is 0.201 e. The Hall–Kier alpha value is -6.36. The molecule has 0 heterocycles. The maximum atomic E-state index is 9.62. The van der Waals surface area contributed by atoms with Crippen LogP contribution in [0.3, 0.4) is 0 Å². The molecule has 7 aromatic carbocycles. The van der Waals surface area contributed by atoms with E-state index in [1.165, 1.54) is 67.8 Å². The standard InChI is InChI=1S/C17H18O2.C13H18O.C12H8O.C12H8/c1-11(2)17(18-3)19-15-10-9-13-8-7-12-5-4-6-14(15)16(12)13;1-3-5-6-11-14-13-9-7-12(4-2)8-10-13;13-11-7-6-9-5-4-8-2-1-3-10(11)12(8)9;1-3-9-4-2-6-11-8-7-10(5-1)12(9)11/h4-11,17H,1-3H3;4,7-10H,2-3,5-6,11H2,1H3;1-7,13H;1-8H. The molecule has 1 unspecified atom stereocenters. The van der Waals surface area contributed by atoms with Crippen LogP contribution in [0, 0.1) is 5.92 Å². The summed E-state index contributed by atoms with van der Waals surface area (Å²) in [4.78, 5) is 0. The lowest BCUT2D eigenvalue weighted by Crippen LogP contribution is -2.25. The van der Waals surface area contributed by atoms with Gasteiger partial charge in [0, 0.05) is 23.8 Å². The van der Waals surface area contributed by atoms with Crippen LogP contribution in [0.1, 0.15) is 79.0 Å². The number of unbranched alkanes of at least 4 members (excludes halogenated alkanes) is 2. The predicted octanol–water partition coefficient (Wildman–Crippen LogP) is 14.6. The molecule has 0 saturated carbocycles. The van der Waals surface area contributed by atoms with E-state index in [4.69, 9.17) is 14.2 Å². The van der Waals surface area contributed by atoms with Crippen LogP contribution in [0.25, 0.3) is 74.8 Å². The van der Waals surface area contributed by atoms with Crippen molar-refractivity contribution in [3.63, 3.8) is 0 Å². The highest BCUT2D eigenvalue weighted by Crippen LogP contribution is 2.38. The molecule has 0 aliphatic heterocycles. The molecule has 0 radical (unpaired) electrons. The van der Waals surface area contributed by atoms with Crippen molar-refractivity contribution in [3.8, 4) is 17.2 Å². The van der Waals surface area contributed by atoms with Gasteiger partial charge in [-0.2, -0.15) is 0 Å². The topological polar surface area (TPSA) is 47.9 Å². The second kappa shape index (κ2) is 18.7. The molecule has 1 atom stereocenters. The highest BCUT2D eigenvalue weighted by atomic mass is 16.7. The SMILES string of the molecule is C1=Cc2cccc3cccc1c23.C=Cc1ccc(OCCCCC)cc1.COC(Oc1ccc2c3c(cccc13)C=C2)C(C)C.Oc1ccc2c3c(cccc13)C=C2. The monoisotopic (exact) mass is 764 g/mol. The van der Waals surface area contributed by atoms with E-state index in [9.17, 15) is 5.11 Å². The molecule has 0 spiro atoms. The van der Waals surface area contributed by atoms with E-state index in [0.717, 1.165) is 40.9 Å². The van der Waals surface area contributed by atoms with Crippen LogP contribution in [-0.4, -0.2) is 25.1 Å². The highest BCUT2D eigenvalue weighted by Gasteiger charge is 2.18. The number of phenolic OH excluding ortho intramolecular Hbond substituents is 1. The summed E-state index contributed by atoms with van der Waals surface area (Å²) in [6.45, 7) is 10.9. The van der Waals surface area contributed by atoms with E-state index in [0.29, 0.717) is 11.7 Å². The normalized spacial score (nSPS) is 12.5. The minimum Gasteiger partial charge on any atom is -0.507 e. The first-order valence-electron chi connectivity index (χ1n) is 20.3. The predicted molar refractivity (Wildman–Crippen MR) is 248 cm³/mol. The van der Waals surface area contributed by atoms with Crippen molar-refractivity contribution in [1.82, 2.24) is 0 Å². The third-order valence-corrected chi connectivity index (χ3v) is 10.6. The Morgan fingerprint density at radius 3 is 1.66 bits per heavy atom. The van der Waals surface area contributed by atoms with Crippen molar-refractivity contribution in [2.45, 2.75) is 46.3 Å². The number of phenols is 1. The number of methoxy groups -OCH3 is 1. The smallest absolute Gasteiger partial charge is 0.201 e. The third-order valence-electron chi connectivity index (χ3n) is 10.6. The molecule has 292 valence electrons. The summed E-state index contributed by atoms with van der Waals surface area (Å²) >= 11 is 0. The van der Waals surface area contributed by atoms with Gasteiger partial charge >= 0.3 is 0 Å². The lowest BCUT2D eigenvalue weighted by atomic mass is 10.0. The summed E-state index contributed by atoms with van der Waals surface area (Å²) in [6, 6.07) is 41.0. The lowest BCUT2D eigenvalue weighted by molar-refractivity contribution is -0.0825. The summed E-state index contributed by atoms with van der Waals surface area (Å²) in [6.07, 6.45) is 18.1. The zero-order valence-corrected chi connectivity index (χ0v) is 34.0. The van der Waals surface area contributed by atoms with Crippen LogP contribution >= 0.6 is 0 Å². The Kier molecular flexibility index (Phi) is 12.9. The molecule has 58 heavy (non-hydrogen) atoms. The Balaban J connectivity index is 0.000000120. The average Bonchev–Trinajstić information content (AvgIpc) is 4.01. The molecule has 1 N–H and O–H groups in total. The van der Waals surface area contributed by atoms with Crippen LogP contribution in [0.5, 0.6) is 17.2 Å². The van der Waals surface area contributed by atoms with Crippen LogP contribution in [0.4, 0.5) is 0 Å². The first kappa shape index (κ1) is 39.9. The van der Waals surface area contributed by atoms with Gasteiger partial charge in [0.25, 0.3) is 0 Å². The molecular formula is C54H52O4. The zero-order valence-electron chi connectivity index (χ0n) is 34.0. The second-order valence-electron chi connectivity index (χ2n) is 15.0. The van der Waals surface area contributed by atoms with Gasteiger partial charge in [0.1, 0.15) is 17.2 Å². The maximum absolute atomic E-state index is 9.62.